The molecule has 3 rings (SSSR count). The lowest BCUT2D eigenvalue weighted by atomic mass is 10.1. The number of nitrogens with zero attached hydrogens (tertiary/aromatic N) is 2. The third-order valence-corrected chi connectivity index (χ3v) is 5.01. The smallest absolute Gasteiger partial charge is 0.349 e. The zero-order chi connectivity index (χ0) is 26.2. The van der Waals surface area contributed by atoms with Crippen LogP contribution in [0.1, 0.15) is 20.7 Å². The van der Waals surface area contributed by atoms with Crippen LogP contribution in [0.25, 0.3) is 0 Å². The van der Waals surface area contributed by atoms with Crippen molar-refractivity contribution in [2.24, 2.45) is 0 Å². The molecule has 0 spiro atoms. The summed E-state index contributed by atoms with van der Waals surface area (Å²) in [6.07, 6.45) is -4.35. The number of hydrogen-bond donors (Lipinski definition) is 2. The maximum atomic E-state index is 13.0. The maximum absolute atomic E-state index is 13.0. The highest BCUT2D eigenvalue weighted by Gasteiger charge is 2.41. The summed E-state index contributed by atoms with van der Waals surface area (Å²) in [5.74, 6) is -5.01. The van der Waals surface area contributed by atoms with Crippen molar-refractivity contribution in [3.63, 3.8) is 0 Å². The molecule has 1 heterocycles. The van der Waals surface area contributed by atoms with Crippen LogP contribution in [0.15, 0.2) is 60.7 Å². The van der Waals surface area contributed by atoms with E-state index in [0.29, 0.717) is 10.0 Å². The lowest BCUT2D eigenvalue weighted by molar-refractivity contribution is -0.157. The van der Waals surface area contributed by atoms with Gasteiger partial charge in [-0.05, 0) is 54.6 Å². The Hall–Kier alpha value is -4.22. The van der Waals surface area contributed by atoms with Gasteiger partial charge in [0.05, 0.1) is 18.2 Å². The van der Waals surface area contributed by atoms with Gasteiger partial charge < -0.3 is 24.6 Å². The van der Waals surface area contributed by atoms with Gasteiger partial charge in [0, 0.05) is 16.1 Å². The summed E-state index contributed by atoms with van der Waals surface area (Å²) in [5.41, 5.74) is -0.0792. The third kappa shape index (κ3) is 6.90. The van der Waals surface area contributed by atoms with E-state index in [1.54, 1.807) is 0 Å². The van der Waals surface area contributed by atoms with Crippen LogP contribution in [0.2, 0.25) is 10.0 Å². The molecule has 0 saturated carbocycles. The molecule has 0 fully saturated rings. The van der Waals surface area contributed by atoms with Gasteiger partial charge in [-0.25, -0.2) is 14.4 Å². The monoisotopic (exact) mass is 533 g/mol. The summed E-state index contributed by atoms with van der Waals surface area (Å²) in [7, 11) is 1.36. The fraction of sp³-hybridized carbons (Fsp3) is 0.130. The topological polar surface area (TPSA) is 154 Å². The summed E-state index contributed by atoms with van der Waals surface area (Å²) in [4.78, 5) is 50.3. The highest BCUT2D eigenvalue weighted by Crippen LogP contribution is 2.18. The number of ether oxygens (including phenoxy) is 3. The molecular weight excluding hydrogens is 517 g/mol. The van der Waals surface area contributed by atoms with E-state index in [1.165, 1.54) is 67.8 Å². The van der Waals surface area contributed by atoms with Gasteiger partial charge in [0.15, 0.2) is 5.82 Å². The Bertz CT molecular complexity index is 1250. The first-order valence-electron chi connectivity index (χ1n) is 10.0. The molecule has 2 N–H and O–H groups in total. The van der Waals surface area contributed by atoms with Crippen molar-refractivity contribution in [3.8, 4) is 5.88 Å². The molecule has 13 heteroatoms. The lowest BCUT2D eigenvalue weighted by Crippen LogP contribution is -2.48. The summed E-state index contributed by atoms with van der Waals surface area (Å²) in [5, 5.41) is 20.1. The van der Waals surface area contributed by atoms with Gasteiger partial charge in [-0.15, -0.1) is 10.2 Å². The maximum Gasteiger partial charge on any atom is 0.349 e. The van der Waals surface area contributed by atoms with Crippen LogP contribution in [0, 0.1) is 0 Å². The number of esters is 2. The standard InChI is InChI=1S/C23H17Cl2N3O8/c1-34-17-11-10-16(27-28-17)26-20(29)18(35-22(32)12-2-6-14(24)7-3-12)19(21(30)31)36-23(33)13-4-8-15(25)9-5-13/h2-11,18-19H,1H3,(H,30,31)(H,26,27,29)/t18-,19+/m1/s1. The Labute approximate surface area is 213 Å². The van der Waals surface area contributed by atoms with Gasteiger partial charge in [0.1, 0.15) is 0 Å². The summed E-state index contributed by atoms with van der Waals surface area (Å²) >= 11 is 11.6. The normalized spacial score (nSPS) is 12.1. The van der Waals surface area contributed by atoms with Crippen LogP contribution in [-0.2, 0) is 19.1 Å². The minimum absolute atomic E-state index is 0.0328. The molecule has 0 unspecified atom stereocenters. The van der Waals surface area contributed by atoms with E-state index in [9.17, 15) is 24.3 Å². The van der Waals surface area contributed by atoms with Gasteiger partial charge in [0.25, 0.3) is 5.91 Å². The zero-order valence-corrected chi connectivity index (χ0v) is 19.9. The van der Waals surface area contributed by atoms with Crippen molar-refractivity contribution in [1.82, 2.24) is 10.2 Å². The number of rotatable bonds is 9. The zero-order valence-electron chi connectivity index (χ0n) is 18.4. The number of aliphatic carboxylic acids is 1. The SMILES string of the molecule is COc1ccc(NC(=O)[C@H](OC(=O)c2ccc(Cl)cc2)[C@H](OC(=O)c2ccc(Cl)cc2)C(=O)O)nn1. The number of halogens is 2. The van der Waals surface area contributed by atoms with Crippen LogP contribution >= 0.6 is 23.2 Å². The van der Waals surface area contributed by atoms with Crippen molar-refractivity contribution in [2.45, 2.75) is 12.2 Å². The highest BCUT2D eigenvalue weighted by molar-refractivity contribution is 6.31. The molecule has 0 radical (unpaired) electrons. The number of carbonyl (C=O) groups excluding carboxylic acids is 3. The number of nitrogens with one attached hydrogen (secondary N) is 1. The van der Waals surface area contributed by atoms with Crippen molar-refractivity contribution < 1.29 is 38.5 Å². The minimum atomic E-state index is -2.23. The second-order valence-electron chi connectivity index (χ2n) is 6.95. The first-order chi connectivity index (χ1) is 17.2. The van der Waals surface area contributed by atoms with E-state index in [4.69, 9.17) is 37.4 Å². The number of hydrogen-bond acceptors (Lipinski definition) is 9. The fourth-order valence-electron chi connectivity index (χ4n) is 2.73. The average Bonchev–Trinajstić information content (AvgIpc) is 2.87. The molecule has 2 atom stereocenters. The molecule has 186 valence electrons. The number of aromatic nitrogens is 2. The predicted molar refractivity (Wildman–Crippen MR) is 126 cm³/mol. The summed E-state index contributed by atoms with van der Waals surface area (Å²) in [6, 6.07) is 13.5. The van der Waals surface area contributed by atoms with Gasteiger partial charge >= 0.3 is 17.9 Å². The number of carboxylic acids is 1. The molecule has 2 aromatic carbocycles. The first kappa shape index (κ1) is 26.4. The van der Waals surface area contributed by atoms with Gasteiger partial charge in [-0.1, -0.05) is 23.2 Å². The average molecular weight is 534 g/mol. The second-order valence-corrected chi connectivity index (χ2v) is 7.83. The molecule has 0 aliphatic carbocycles. The molecule has 3 aromatic rings. The second kappa shape index (κ2) is 12.0. The molecule has 0 saturated heterocycles. The molecule has 36 heavy (non-hydrogen) atoms. The van der Waals surface area contributed by atoms with Gasteiger partial charge in [-0.2, -0.15) is 0 Å². The van der Waals surface area contributed by atoms with E-state index in [-0.39, 0.29) is 22.8 Å². The Morgan fingerprint density at radius 1 is 0.778 bits per heavy atom. The highest BCUT2D eigenvalue weighted by atomic mass is 35.5. The molecule has 0 bridgehead atoms. The van der Waals surface area contributed by atoms with Crippen LogP contribution in [0.5, 0.6) is 5.88 Å². The molecule has 1 aromatic heterocycles. The number of anilines is 1. The summed E-state index contributed by atoms with van der Waals surface area (Å²) in [6.45, 7) is 0. The van der Waals surface area contributed by atoms with E-state index in [0.717, 1.165) is 0 Å². The van der Waals surface area contributed by atoms with Gasteiger partial charge in [-0.3, -0.25) is 4.79 Å². The van der Waals surface area contributed by atoms with Crippen molar-refractivity contribution in [2.75, 3.05) is 12.4 Å². The van der Waals surface area contributed by atoms with Crippen molar-refractivity contribution >= 4 is 52.8 Å². The Morgan fingerprint density at radius 2 is 1.28 bits per heavy atom. The van der Waals surface area contributed by atoms with Crippen molar-refractivity contribution in [3.05, 3.63) is 81.8 Å². The quantitative estimate of drug-likeness (QED) is 0.391. The van der Waals surface area contributed by atoms with Crippen LogP contribution < -0.4 is 10.1 Å². The van der Waals surface area contributed by atoms with E-state index >= 15 is 0 Å². The minimum Gasteiger partial charge on any atom is -0.480 e. The number of methoxy groups -OCH3 is 1. The molecule has 0 aliphatic rings. The Balaban J connectivity index is 1.89. The fourth-order valence-corrected chi connectivity index (χ4v) is 2.98. The predicted octanol–water partition coefficient (Wildman–Crippen LogP) is 3.27. The summed E-state index contributed by atoms with van der Waals surface area (Å²) < 4.78 is 15.1. The van der Waals surface area contributed by atoms with E-state index < -0.39 is 36.0 Å². The van der Waals surface area contributed by atoms with Crippen LogP contribution in [-0.4, -0.2) is 58.4 Å². The number of benzene rings is 2. The first-order valence-corrected chi connectivity index (χ1v) is 10.8. The Morgan fingerprint density at radius 3 is 1.69 bits per heavy atom. The molecule has 1 amide bonds. The third-order valence-electron chi connectivity index (χ3n) is 4.51. The van der Waals surface area contributed by atoms with Crippen LogP contribution in [0.3, 0.4) is 0 Å². The lowest BCUT2D eigenvalue weighted by Gasteiger charge is -2.23. The van der Waals surface area contributed by atoms with Gasteiger partial charge in [0.2, 0.25) is 18.1 Å². The van der Waals surface area contributed by atoms with Crippen LogP contribution in [0.4, 0.5) is 5.82 Å². The van der Waals surface area contributed by atoms with Crippen molar-refractivity contribution in [1.29, 1.82) is 0 Å². The molecular formula is C23H17Cl2N3O8. The Kier molecular flexibility index (Phi) is 8.76. The van der Waals surface area contributed by atoms with E-state index in [1.807, 2.05) is 0 Å². The number of amides is 1. The molecule has 11 nitrogen and oxygen atoms in total. The van der Waals surface area contributed by atoms with E-state index in [2.05, 4.69) is 15.5 Å². The number of carboxylic acid groups (broad SMARTS) is 1. The number of carbonyl (C=O) groups is 4. The molecule has 0 aliphatic heterocycles. The largest absolute Gasteiger partial charge is 0.480 e.